The predicted molar refractivity (Wildman–Crippen MR) is 63.9 cm³/mol. The number of Topliss-reactive ketones (excluding diaryl/α,β-unsaturated/α-hetero) is 2. The number of esters is 2. The molecule has 0 aliphatic heterocycles. The molecule has 0 atom stereocenters. The molecule has 0 fully saturated rings. The van der Waals surface area contributed by atoms with Gasteiger partial charge < -0.3 is 9.47 Å². The van der Waals surface area contributed by atoms with E-state index < -0.39 is 11.9 Å². The fourth-order valence-electron chi connectivity index (χ4n) is 0.831. The van der Waals surface area contributed by atoms with E-state index >= 15 is 0 Å². The van der Waals surface area contributed by atoms with E-state index in [-0.39, 0.29) is 44.8 Å². The summed E-state index contributed by atoms with van der Waals surface area (Å²) in [5.74, 6) is -1.20. The predicted octanol–water partition coefficient (Wildman–Crippen LogP) is 1.05. The van der Waals surface area contributed by atoms with E-state index in [1.807, 2.05) is 0 Å². The molecule has 0 bridgehead atoms. The SMILES string of the molecule is CCOC(=O)CC(C)=O.CCOC(=O)CC(C)=O.[Pd]. The van der Waals surface area contributed by atoms with E-state index in [1.165, 1.54) is 13.8 Å². The monoisotopic (exact) mass is 366 g/mol. The van der Waals surface area contributed by atoms with Crippen LogP contribution >= 0.6 is 0 Å². The molecule has 19 heavy (non-hydrogen) atoms. The van der Waals surface area contributed by atoms with Gasteiger partial charge in [0, 0.05) is 20.4 Å². The molecule has 0 saturated carbocycles. The summed E-state index contributed by atoms with van der Waals surface area (Å²) in [6.45, 7) is 6.81. The summed E-state index contributed by atoms with van der Waals surface area (Å²) in [6, 6.07) is 0. The van der Waals surface area contributed by atoms with Crippen LogP contribution in [0.15, 0.2) is 0 Å². The first-order chi connectivity index (χ1) is 8.33. The molecule has 0 radical (unpaired) electrons. The quantitative estimate of drug-likeness (QED) is 0.397. The Balaban J connectivity index is -0.000000256. The van der Waals surface area contributed by atoms with Crippen molar-refractivity contribution in [2.24, 2.45) is 0 Å². The summed E-state index contributed by atoms with van der Waals surface area (Å²) in [7, 11) is 0. The van der Waals surface area contributed by atoms with E-state index in [0.29, 0.717) is 13.2 Å². The van der Waals surface area contributed by atoms with E-state index in [2.05, 4.69) is 9.47 Å². The first-order valence-corrected chi connectivity index (χ1v) is 5.63. The molecule has 114 valence electrons. The van der Waals surface area contributed by atoms with Crippen LogP contribution in [0.4, 0.5) is 0 Å². The number of carbonyl (C=O) groups excluding carboxylic acids is 4. The molecule has 0 spiro atoms. The summed E-state index contributed by atoms with van der Waals surface area (Å²) in [6.07, 6.45) is -0.207. The second-order valence-electron chi connectivity index (χ2n) is 3.37. The summed E-state index contributed by atoms with van der Waals surface area (Å²) < 4.78 is 8.99. The normalized spacial score (nSPS) is 8.21. The van der Waals surface area contributed by atoms with Crippen LogP contribution in [0.3, 0.4) is 0 Å². The van der Waals surface area contributed by atoms with Crippen LogP contribution in [0.5, 0.6) is 0 Å². The van der Waals surface area contributed by atoms with Gasteiger partial charge in [-0.05, 0) is 27.7 Å². The Morgan fingerprint density at radius 1 is 0.737 bits per heavy atom. The minimum atomic E-state index is -0.440. The number of hydrogen-bond acceptors (Lipinski definition) is 6. The Kier molecular flexibility index (Phi) is 18.2. The average molecular weight is 367 g/mol. The van der Waals surface area contributed by atoms with Gasteiger partial charge in [0.05, 0.1) is 13.2 Å². The second kappa shape index (κ2) is 15.0. The van der Waals surface area contributed by atoms with Crippen molar-refractivity contribution in [3.05, 3.63) is 0 Å². The summed E-state index contributed by atoms with van der Waals surface area (Å²) in [5.41, 5.74) is 0. The van der Waals surface area contributed by atoms with E-state index in [4.69, 9.17) is 0 Å². The van der Waals surface area contributed by atoms with Crippen LogP contribution in [0, 0.1) is 0 Å². The van der Waals surface area contributed by atoms with Crippen LogP contribution in [0.25, 0.3) is 0 Å². The molecule has 0 amide bonds. The third-order valence-corrected chi connectivity index (χ3v) is 1.40. The molecule has 0 unspecified atom stereocenters. The summed E-state index contributed by atoms with van der Waals surface area (Å²) >= 11 is 0. The summed E-state index contributed by atoms with van der Waals surface area (Å²) in [4.78, 5) is 41.3. The molecule has 0 aromatic rings. The molecular weight excluding hydrogens is 347 g/mol. The Labute approximate surface area is 126 Å². The van der Waals surface area contributed by atoms with E-state index in [1.54, 1.807) is 13.8 Å². The van der Waals surface area contributed by atoms with Crippen molar-refractivity contribution in [1.29, 1.82) is 0 Å². The van der Waals surface area contributed by atoms with Crippen LogP contribution < -0.4 is 0 Å². The minimum Gasteiger partial charge on any atom is -0.466 e. The molecule has 0 saturated heterocycles. The van der Waals surface area contributed by atoms with Gasteiger partial charge in [-0.2, -0.15) is 0 Å². The van der Waals surface area contributed by atoms with Gasteiger partial charge in [-0.15, -0.1) is 0 Å². The van der Waals surface area contributed by atoms with Gasteiger partial charge in [-0.1, -0.05) is 0 Å². The Bertz CT molecular complexity index is 271. The number of hydrogen-bond donors (Lipinski definition) is 0. The van der Waals surface area contributed by atoms with Gasteiger partial charge in [-0.3, -0.25) is 19.2 Å². The van der Waals surface area contributed by atoms with Gasteiger partial charge in [0.15, 0.2) is 0 Å². The maximum atomic E-state index is 10.4. The third kappa shape index (κ3) is 22.6. The van der Waals surface area contributed by atoms with Gasteiger partial charge >= 0.3 is 11.9 Å². The molecule has 0 aromatic carbocycles. The molecule has 0 rings (SSSR count). The van der Waals surface area contributed by atoms with Gasteiger partial charge in [0.1, 0.15) is 24.4 Å². The molecule has 0 aromatic heterocycles. The van der Waals surface area contributed by atoms with Crippen molar-refractivity contribution in [2.45, 2.75) is 40.5 Å². The first kappa shape index (κ1) is 23.1. The number of carbonyl (C=O) groups is 4. The minimum absolute atomic E-state index is 0. The van der Waals surface area contributed by atoms with Gasteiger partial charge in [0.25, 0.3) is 0 Å². The molecule has 0 aliphatic rings. The largest absolute Gasteiger partial charge is 0.466 e. The molecule has 6 nitrogen and oxygen atoms in total. The zero-order valence-electron chi connectivity index (χ0n) is 11.6. The molecule has 0 N–H and O–H groups in total. The van der Waals surface area contributed by atoms with Gasteiger partial charge in [0.2, 0.25) is 0 Å². The Morgan fingerprint density at radius 3 is 1.16 bits per heavy atom. The van der Waals surface area contributed by atoms with Crippen molar-refractivity contribution in [3.8, 4) is 0 Å². The third-order valence-electron chi connectivity index (χ3n) is 1.40. The van der Waals surface area contributed by atoms with Crippen LogP contribution in [-0.2, 0) is 49.1 Å². The average Bonchev–Trinajstić information content (AvgIpc) is 2.16. The number of rotatable bonds is 6. The maximum absolute atomic E-state index is 10.4. The fraction of sp³-hybridized carbons (Fsp3) is 0.667. The van der Waals surface area contributed by atoms with E-state index in [9.17, 15) is 19.2 Å². The van der Waals surface area contributed by atoms with Gasteiger partial charge in [-0.25, -0.2) is 0 Å². The zero-order valence-corrected chi connectivity index (χ0v) is 13.1. The Morgan fingerprint density at radius 2 is 1.00 bits per heavy atom. The van der Waals surface area contributed by atoms with Crippen LogP contribution in [0.1, 0.15) is 40.5 Å². The van der Waals surface area contributed by atoms with Crippen LogP contribution in [-0.4, -0.2) is 36.7 Å². The number of ether oxygens (including phenoxy) is 2. The summed E-state index contributed by atoms with van der Waals surface area (Å²) in [5, 5.41) is 0. The van der Waals surface area contributed by atoms with Crippen molar-refractivity contribution >= 4 is 23.5 Å². The fourth-order valence-corrected chi connectivity index (χ4v) is 0.831. The maximum Gasteiger partial charge on any atom is 0.313 e. The number of ketones is 2. The smallest absolute Gasteiger partial charge is 0.313 e. The van der Waals surface area contributed by atoms with Crippen molar-refractivity contribution in [3.63, 3.8) is 0 Å². The topological polar surface area (TPSA) is 86.7 Å². The molecular formula is C12H20O6Pd. The van der Waals surface area contributed by atoms with Crippen molar-refractivity contribution in [1.82, 2.24) is 0 Å². The molecule has 0 heterocycles. The zero-order chi connectivity index (χ0) is 14.6. The first-order valence-electron chi connectivity index (χ1n) is 5.63. The van der Waals surface area contributed by atoms with Crippen molar-refractivity contribution < 1.29 is 49.1 Å². The molecule has 0 aliphatic carbocycles. The van der Waals surface area contributed by atoms with Crippen LogP contribution in [0.2, 0.25) is 0 Å². The van der Waals surface area contributed by atoms with E-state index in [0.717, 1.165) is 0 Å². The Hall–Kier alpha value is -1.06. The second-order valence-corrected chi connectivity index (χ2v) is 3.37. The molecule has 7 heteroatoms. The standard InChI is InChI=1S/2C6H10O3.Pd/c2*1-3-9-6(8)4-5(2)7;/h2*3-4H2,1-2H3;. The van der Waals surface area contributed by atoms with Crippen molar-refractivity contribution in [2.75, 3.05) is 13.2 Å².